The summed E-state index contributed by atoms with van der Waals surface area (Å²) in [6.07, 6.45) is 2.49. The normalized spacial score (nSPS) is 22.8. The van der Waals surface area contributed by atoms with Crippen molar-refractivity contribution in [1.82, 2.24) is 9.97 Å². The van der Waals surface area contributed by atoms with E-state index in [-0.39, 0.29) is 5.60 Å². The van der Waals surface area contributed by atoms with Crippen LogP contribution in [0.4, 0.5) is 14.6 Å². The maximum atomic E-state index is 13.3. The molecule has 0 aliphatic carbocycles. The minimum atomic E-state index is -0.908. The highest BCUT2D eigenvalue weighted by atomic mass is 19.2. The van der Waals surface area contributed by atoms with Gasteiger partial charge in [-0.2, -0.15) is 0 Å². The zero-order valence-electron chi connectivity index (χ0n) is 12.1. The van der Waals surface area contributed by atoms with Crippen LogP contribution in [0.5, 0.6) is 0 Å². The number of nitrogens with zero attached hydrogens (tertiary/aromatic N) is 3. The van der Waals surface area contributed by atoms with E-state index in [1.807, 2.05) is 0 Å². The number of hydrogen-bond donors (Lipinski definition) is 0. The molecule has 1 fully saturated rings. The molecule has 0 spiro atoms. The van der Waals surface area contributed by atoms with Gasteiger partial charge in [-0.15, -0.1) is 0 Å². The Bertz CT molecular complexity index is 679. The van der Waals surface area contributed by atoms with Crippen molar-refractivity contribution in [2.24, 2.45) is 0 Å². The summed E-state index contributed by atoms with van der Waals surface area (Å²) in [4.78, 5) is 10.7. The summed E-state index contributed by atoms with van der Waals surface area (Å²) < 4.78 is 32.3. The maximum absolute atomic E-state index is 13.3. The molecule has 1 atom stereocenters. The number of ether oxygens (including phenoxy) is 1. The fourth-order valence-corrected chi connectivity index (χ4v) is 2.49. The molecule has 1 aliphatic heterocycles. The van der Waals surface area contributed by atoms with Gasteiger partial charge in [-0.1, -0.05) is 6.92 Å². The average molecular weight is 293 g/mol. The minimum absolute atomic E-state index is 0.219. The summed E-state index contributed by atoms with van der Waals surface area (Å²) in [5, 5.41) is 0. The van der Waals surface area contributed by atoms with Crippen molar-refractivity contribution in [2.45, 2.75) is 25.9 Å². The zero-order chi connectivity index (χ0) is 15.0. The molecule has 1 aliphatic rings. The second kappa shape index (κ2) is 5.18. The third-order valence-corrected chi connectivity index (χ3v) is 3.98. The van der Waals surface area contributed by atoms with Gasteiger partial charge in [0.1, 0.15) is 5.82 Å². The summed E-state index contributed by atoms with van der Waals surface area (Å²) in [5.41, 5.74) is 0.489. The van der Waals surface area contributed by atoms with E-state index in [1.165, 1.54) is 0 Å². The number of halogens is 2. The smallest absolute Gasteiger partial charge is 0.161 e. The molecule has 1 aromatic carbocycles. The van der Waals surface area contributed by atoms with Gasteiger partial charge in [0.15, 0.2) is 11.6 Å². The van der Waals surface area contributed by atoms with Gasteiger partial charge >= 0.3 is 0 Å². The Hall–Kier alpha value is -1.82. The number of aromatic nitrogens is 2. The standard InChI is InChI=1S/C15H17F2N3O/c1-3-15(2)9-20(4-5-21-15)14-8-18-12-6-10(16)11(17)7-13(12)19-14/h6-8H,3-5,9H2,1-2H3. The molecule has 112 valence electrons. The molecule has 4 nitrogen and oxygen atoms in total. The van der Waals surface area contributed by atoms with Crippen molar-refractivity contribution in [3.63, 3.8) is 0 Å². The Morgan fingerprint density at radius 2 is 2.00 bits per heavy atom. The fourth-order valence-electron chi connectivity index (χ4n) is 2.49. The first-order valence-electron chi connectivity index (χ1n) is 7.01. The first kappa shape index (κ1) is 14.1. The van der Waals surface area contributed by atoms with Gasteiger partial charge in [0.05, 0.1) is 29.4 Å². The van der Waals surface area contributed by atoms with E-state index in [1.54, 1.807) is 6.20 Å². The third kappa shape index (κ3) is 2.68. The van der Waals surface area contributed by atoms with Crippen LogP contribution in [0.25, 0.3) is 11.0 Å². The van der Waals surface area contributed by atoms with Gasteiger partial charge in [0.25, 0.3) is 0 Å². The lowest BCUT2D eigenvalue weighted by atomic mass is 10.0. The first-order chi connectivity index (χ1) is 10.0. The summed E-state index contributed by atoms with van der Waals surface area (Å²) >= 11 is 0. The van der Waals surface area contributed by atoms with Crippen molar-refractivity contribution in [1.29, 1.82) is 0 Å². The van der Waals surface area contributed by atoms with Gasteiger partial charge < -0.3 is 9.64 Å². The van der Waals surface area contributed by atoms with Crippen LogP contribution < -0.4 is 4.90 Å². The Labute approximate surface area is 121 Å². The molecular weight excluding hydrogens is 276 g/mol. The van der Waals surface area contributed by atoms with Crippen molar-refractivity contribution in [3.8, 4) is 0 Å². The number of hydrogen-bond acceptors (Lipinski definition) is 4. The highest BCUT2D eigenvalue weighted by Crippen LogP contribution is 2.25. The molecule has 0 bridgehead atoms. The van der Waals surface area contributed by atoms with Crippen LogP contribution in [0.3, 0.4) is 0 Å². The topological polar surface area (TPSA) is 38.2 Å². The molecule has 0 N–H and O–H groups in total. The van der Waals surface area contributed by atoms with Gasteiger partial charge in [-0.3, -0.25) is 4.98 Å². The van der Waals surface area contributed by atoms with Crippen LogP contribution in [0, 0.1) is 11.6 Å². The van der Waals surface area contributed by atoms with Crippen molar-refractivity contribution >= 4 is 16.9 Å². The van der Waals surface area contributed by atoms with E-state index < -0.39 is 11.6 Å². The molecule has 6 heteroatoms. The number of fused-ring (bicyclic) bond motifs is 1. The minimum Gasteiger partial charge on any atom is -0.372 e. The van der Waals surface area contributed by atoms with E-state index in [9.17, 15) is 8.78 Å². The predicted octanol–water partition coefficient (Wildman–Crippen LogP) is 2.91. The summed E-state index contributed by atoms with van der Waals surface area (Å²) in [5.74, 6) is -1.15. The Morgan fingerprint density at radius 3 is 2.71 bits per heavy atom. The molecule has 0 saturated carbocycles. The van der Waals surface area contributed by atoms with Gasteiger partial charge in [0.2, 0.25) is 0 Å². The van der Waals surface area contributed by atoms with Crippen molar-refractivity contribution in [3.05, 3.63) is 30.0 Å². The van der Waals surface area contributed by atoms with E-state index in [2.05, 4.69) is 28.7 Å². The lowest BCUT2D eigenvalue weighted by Gasteiger charge is -2.40. The second-order valence-electron chi connectivity index (χ2n) is 5.56. The molecule has 2 aromatic rings. The molecule has 2 heterocycles. The largest absolute Gasteiger partial charge is 0.372 e. The summed E-state index contributed by atoms with van der Waals surface area (Å²) in [6, 6.07) is 2.15. The maximum Gasteiger partial charge on any atom is 0.161 e. The quantitative estimate of drug-likeness (QED) is 0.853. The third-order valence-electron chi connectivity index (χ3n) is 3.98. The van der Waals surface area contributed by atoms with Crippen LogP contribution in [-0.4, -0.2) is 35.3 Å². The predicted molar refractivity (Wildman–Crippen MR) is 76.3 cm³/mol. The average Bonchev–Trinajstić information content (AvgIpc) is 2.48. The second-order valence-corrected chi connectivity index (χ2v) is 5.56. The number of rotatable bonds is 2. The summed E-state index contributed by atoms with van der Waals surface area (Å²) in [6.45, 7) is 6.16. The number of benzene rings is 1. The van der Waals surface area contributed by atoms with Crippen LogP contribution >= 0.6 is 0 Å². The van der Waals surface area contributed by atoms with E-state index >= 15 is 0 Å². The highest BCUT2D eigenvalue weighted by molar-refractivity contribution is 5.75. The van der Waals surface area contributed by atoms with Crippen molar-refractivity contribution in [2.75, 3.05) is 24.6 Å². The molecule has 0 amide bonds. The zero-order valence-corrected chi connectivity index (χ0v) is 12.1. The fraction of sp³-hybridized carbons (Fsp3) is 0.467. The lowest BCUT2D eigenvalue weighted by Crippen LogP contribution is -2.50. The molecule has 3 rings (SSSR count). The molecule has 1 saturated heterocycles. The van der Waals surface area contributed by atoms with Gasteiger partial charge in [-0.05, 0) is 13.3 Å². The molecule has 0 radical (unpaired) electrons. The first-order valence-corrected chi connectivity index (χ1v) is 7.01. The van der Waals surface area contributed by atoms with E-state index in [0.717, 1.165) is 18.6 Å². The van der Waals surface area contributed by atoms with E-state index in [4.69, 9.17) is 4.74 Å². The Morgan fingerprint density at radius 1 is 1.29 bits per heavy atom. The number of anilines is 1. The van der Waals surface area contributed by atoms with Crippen molar-refractivity contribution < 1.29 is 13.5 Å². The SMILES string of the molecule is CCC1(C)CN(c2cnc3cc(F)c(F)cc3n2)CCO1. The Balaban J connectivity index is 1.95. The van der Waals surface area contributed by atoms with Gasteiger partial charge in [-0.25, -0.2) is 13.8 Å². The summed E-state index contributed by atoms with van der Waals surface area (Å²) in [7, 11) is 0. The highest BCUT2D eigenvalue weighted by Gasteiger charge is 2.31. The van der Waals surface area contributed by atoms with Crippen LogP contribution in [0.1, 0.15) is 20.3 Å². The van der Waals surface area contributed by atoms with Crippen LogP contribution in [0.2, 0.25) is 0 Å². The van der Waals surface area contributed by atoms with E-state index in [0.29, 0.717) is 36.5 Å². The monoisotopic (exact) mass is 293 g/mol. The molecular formula is C15H17F2N3O. The molecule has 1 aromatic heterocycles. The Kier molecular flexibility index (Phi) is 3.49. The van der Waals surface area contributed by atoms with Crippen LogP contribution in [0.15, 0.2) is 18.3 Å². The lowest BCUT2D eigenvalue weighted by molar-refractivity contribution is -0.0443. The molecule has 1 unspecified atom stereocenters. The van der Waals surface area contributed by atoms with Crippen LogP contribution in [-0.2, 0) is 4.74 Å². The number of morpholine rings is 1. The molecule has 21 heavy (non-hydrogen) atoms. The van der Waals surface area contributed by atoms with Gasteiger partial charge in [0, 0.05) is 25.2 Å².